The highest BCUT2D eigenvalue weighted by Gasteiger charge is 2.34. The zero-order valence-electron chi connectivity index (χ0n) is 14.8. The van der Waals surface area contributed by atoms with Gasteiger partial charge in [0.1, 0.15) is 0 Å². The standard InChI is InChI=1S/C18H33N3O2/c1-3-4-5-17(22)20-12-10-16(11-13-20)21(18(19)23)15-8-6-14(2)7-9-15/h14-16H,3-13H2,1-2H3,(H2,19,23)/t14-,15-. The lowest BCUT2D eigenvalue weighted by atomic mass is 9.85. The van der Waals surface area contributed by atoms with Gasteiger partial charge < -0.3 is 15.5 Å². The number of amides is 3. The van der Waals surface area contributed by atoms with Gasteiger partial charge in [0.2, 0.25) is 5.91 Å². The number of unbranched alkanes of at least 4 members (excludes halogenated alkanes) is 1. The number of urea groups is 1. The SMILES string of the molecule is CCCCC(=O)N1CCC(N(C(N)=O)[C@H]2CC[C@H](C)CC2)CC1. The third-order valence-corrected chi connectivity index (χ3v) is 5.59. The highest BCUT2D eigenvalue weighted by atomic mass is 16.2. The summed E-state index contributed by atoms with van der Waals surface area (Å²) in [5.74, 6) is 1.03. The van der Waals surface area contributed by atoms with E-state index in [2.05, 4.69) is 13.8 Å². The summed E-state index contributed by atoms with van der Waals surface area (Å²) in [5.41, 5.74) is 5.70. The number of piperidine rings is 1. The largest absolute Gasteiger partial charge is 0.351 e. The van der Waals surface area contributed by atoms with Gasteiger partial charge in [-0.3, -0.25) is 4.79 Å². The second kappa shape index (κ2) is 8.55. The fraction of sp³-hybridized carbons (Fsp3) is 0.889. The van der Waals surface area contributed by atoms with E-state index >= 15 is 0 Å². The van der Waals surface area contributed by atoms with Crippen molar-refractivity contribution in [3.63, 3.8) is 0 Å². The summed E-state index contributed by atoms with van der Waals surface area (Å²) in [6.45, 7) is 5.92. The number of nitrogens with two attached hydrogens (primary N) is 1. The van der Waals surface area contributed by atoms with Gasteiger partial charge in [-0.2, -0.15) is 0 Å². The zero-order valence-corrected chi connectivity index (χ0v) is 14.8. The van der Waals surface area contributed by atoms with Gasteiger partial charge in [-0.15, -0.1) is 0 Å². The lowest BCUT2D eigenvalue weighted by Gasteiger charge is -2.43. The maximum Gasteiger partial charge on any atom is 0.315 e. The van der Waals surface area contributed by atoms with Gasteiger partial charge in [-0.25, -0.2) is 4.79 Å². The number of likely N-dealkylation sites (tertiary alicyclic amines) is 1. The maximum atomic E-state index is 12.1. The topological polar surface area (TPSA) is 66.6 Å². The Hall–Kier alpha value is -1.26. The van der Waals surface area contributed by atoms with Crippen LogP contribution >= 0.6 is 0 Å². The molecule has 1 saturated heterocycles. The van der Waals surface area contributed by atoms with Crippen molar-refractivity contribution < 1.29 is 9.59 Å². The fourth-order valence-electron chi connectivity index (χ4n) is 4.06. The number of hydrogen-bond donors (Lipinski definition) is 1. The summed E-state index contributed by atoms with van der Waals surface area (Å²) in [4.78, 5) is 28.0. The molecule has 0 aromatic carbocycles. The molecule has 2 aliphatic rings. The summed E-state index contributed by atoms with van der Waals surface area (Å²) < 4.78 is 0. The minimum Gasteiger partial charge on any atom is -0.351 e. The van der Waals surface area contributed by atoms with Crippen LogP contribution in [0.3, 0.4) is 0 Å². The normalized spacial score (nSPS) is 26.1. The van der Waals surface area contributed by atoms with Gasteiger partial charge in [0.25, 0.3) is 0 Å². The Morgan fingerprint density at radius 1 is 1.04 bits per heavy atom. The molecule has 0 aromatic rings. The van der Waals surface area contributed by atoms with E-state index in [-0.39, 0.29) is 18.0 Å². The molecule has 5 nitrogen and oxygen atoms in total. The first-order valence-electron chi connectivity index (χ1n) is 9.38. The number of carbonyl (C=O) groups is 2. The van der Waals surface area contributed by atoms with Crippen LogP contribution in [-0.2, 0) is 4.79 Å². The molecule has 1 aliphatic carbocycles. The van der Waals surface area contributed by atoms with Crippen LogP contribution in [0.2, 0.25) is 0 Å². The smallest absolute Gasteiger partial charge is 0.315 e. The van der Waals surface area contributed by atoms with Crippen LogP contribution in [0.5, 0.6) is 0 Å². The molecule has 2 fully saturated rings. The van der Waals surface area contributed by atoms with Crippen molar-refractivity contribution in [2.45, 2.75) is 83.7 Å². The molecular weight excluding hydrogens is 290 g/mol. The summed E-state index contributed by atoms with van der Waals surface area (Å²) in [5, 5.41) is 0. The lowest BCUT2D eigenvalue weighted by molar-refractivity contribution is -0.132. The van der Waals surface area contributed by atoms with E-state index in [1.807, 2.05) is 9.80 Å². The summed E-state index contributed by atoms with van der Waals surface area (Å²) in [7, 11) is 0. The van der Waals surface area contributed by atoms with Gasteiger partial charge in [-0.05, 0) is 50.9 Å². The van der Waals surface area contributed by atoms with E-state index in [4.69, 9.17) is 5.73 Å². The molecule has 3 amide bonds. The molecular formula is C18H33N3O2. The van der Waals surface area contributed by atoms with Gasteiger partial charge in [0.05, 0.1) is 0 Å². The number of carbonyl (C=O) groups excluding carboxylic acids is 2. The molecule has 0 unspecified atom stereocenters. The van der Waals surface area contributed by atoms with Crippen LogP contribution in [0.25, 0.3) is 0 Å². The van der Waals surface area contributed by atoms with Crippen molar-refractivity contribution >= 4 is 11.9 Å². The highest BCUT2D eigenvalue weighted by Crippen LogP contribution is 2.30. The van der Waals surface area contributed by atoms with Crippen LogP contribution in [-0.4, -0.2) is 46.9 Å². The quantitative estimate of drug-likeness (QED) is 0.844. The van der Waals surface area contributed by atoms with Crippen LogP contribution < -0.4 is 5.73 Å². The lowest BCUT2D eigenvalue weighted by Crippen LogP contribution is -2.54. The molecule has 0 aromatic heterocycles. The van der Waals surface area contributed by atoms with Crippen molar-refractivity contribution in [2.24, 2.45) is 11.7 Å². The molecule has 0 atom stereocenters. The van der Waals surface area contributed by atoms with E-state index in [0.717, 1.165) is 57.5 Å². The Bertz CT molecular complexity index is 397. The van der Waals surface area contributed by atoms with Crippen molar-refractivity contribution in [1.29, 1.82) is 0 Å². The van der Waals surface area contributed by atoms with E-state index in [1.54, 1.807) is 0 Å². The summed E-state index contributed by atoms with van der Waals surface area (Å²) in [6, 6.07) is 0.234. The van der Waals surface area contributed by atoms with E-state index < -0.39 is 0 Å². The van der Waals surface area contributed by atoms with Gasteiger partial charge in [0.15, 0.2) is 0 Å². The second-order valence-electron chi connectivity index (χ2n) is 7.37. The first kappa shape index (κ1) is 18.1. The molecule has 2 rings (SSSR count). The Labute approximate surface area is 140 Å². The predicted octanol–water partition coefficient (Wildman–Crippen LogP) is 3.13. The predicted molar refractivity (Wildman–Crippen MR) is 92.0 cm³/mol. The zero-order chi connectivity index (χ0) is 16.8. The monoisotopic (exact) mass is 323 g/mol. The van der Waals surface area contributed by atoms with Gasteiger partial charge >= 0.3 is 6.03 Å². The Balaban J connectivity index is 1.88. The van der Waals surface area contributed by atoms with Crippen molar-refractivity contribution in [1.82, 2.24) is 9.80 Å². The first-order valence-corrected chi connectivity index (χ1v) is 9.38. The second-order valence-corrected chi connectivity index (χ2v) is 7.37. The first-order chi connectivity index (χ1) is 11.0. The average Bonchev–Trinajstić information content (AvgIpc) is 2.55. The van der Waals surface area contributed by atoms with Crippen LogP contribution in [0.15, 0.2) is 0 Å². The number of nitrogens with zero attached hydrogens (tertiary/aromatic N) is 2. The Morgan fingerprint density at radius 3 is 2.13 bits per heavy atom. The molecule has 0 radical (unpaired) electrons. The molecule has 5 heteroatoms. The van der Waals surface area contributed by atoms with Gasteiger partial charge in [-0.1, -0.05) is 20.3 Å². The Kier molecular flexibility index (Phi) is 6.72. The minimum absolute atomic E-state index is 0.209. The van der Waals surface area contributed by atoms with Crippen molar-refractivity contribution in [2.75, 3.05) is 13.1 Å². The molecule has 1 heterocycles. The van der Waals surface area contributed by atoms with E-state index in [9.17, 15) is 9.59 Å². The van der Waals surface area contributed by atoms with E-state index in [1.165, 1.54) is 12.8 Å². The summed E-state index contributed by atoms with van der Waals surface area (Å²) >= 11 is 0. The average molecular weight is 323 g/mol. The number of rotatable bonds is 5. The molecule has 132 valence electrons. The molecule has 0 spiro atoms. The molecule has 2 N–H and O–H groups in total. The maximum absolute atomic E-state index is 12.1. The molecule has 1 saturated carbocycles. The fourth-order valence-corrected chi connectivity index (χ4v) is 4.06. The van der Waals surface area contributed by atoms with Crippen molar-refractivity contribution in [3.8, 4) is 0 Å². The van der Waals surface area contributed by atoms with Crippen LogP contribution in [0, 0.1) is 5.92 Å². The van der Waals surface area contributed by atoms with Crippen LogP contribution in [0.4, 0.5) is 4.79 Å². The molecule has 23 heavy (non-hydrogen) atoms. The summed E-state index contributed by atoms with van der Waals surface area (Å²) in [6.07, 6.45) is 8.91. The minimum atomic E-state index is -0.277. The third kappa shape index (κ3) is 4.85. The van der Waals surface area contributed by atoms with Crippen LogP contribution in [0.1, 0.15) is 71.6 Å². The van der Waals surface area contributed by atoms with E-state index in [0.29, 0.717) is 12.5 Å². The van der Waals surface area contributed by atoms with Gasteiger partial charge in [0, 0.05) is 31.6 Å². The van der Waals surface area contributed by atoms with Crippen molar-refractivity contribution in [3.05, 3.63) is 0 Å². The highest BCUT2D eigenvalue weighted by molar-refractivity contribution is 5.76. The number of primary amides is 1. The Morgan fingerprint density at radius 2 is 1.61 bits per heavy atom. The number of hydrogen-bond acceptors (Lipinski definition) is 2. The third-order valence-electron chi connectivity index (χ3n) is 5.59. The molecule has 1 aliphatic heterocycles. The molecule has 0 bridgehead atoms.